The highest BCUT2D eigenvalue weighted by Crippen LogP contribution is 2.46. The van der Waals surface area contributed by atoms with Gasteiger partial charge in [0.1, 0.15) is 0 Å². The summed E-state index contributed by atoms with van der Waals surface area (Å²) in [5.41, 5.74) is 0.164. The monoisotopic (exact) mass is 178 g/mol. The summed E-state index contributed by atoms with van der Waals surface area (Å²) in [7, 11) is 0. The zero-order valence-corrected chi connectivity index (χ0v) is 7.84. The Labute approximate surface area is 78.1 Å². The van der Waals surface area contributed by atoms with Gasteiger partial charge in [0, 0.05) is 17.4 Å². The molecule has 0 aromatic heterocycles. The van der Waals surface area contributed by atoms with Gasteiger partial charge < -0.3 is 5.32 Å². The van der Waals surface area contributed by atoms with E-state index in [0.29, 0.717) is 0 Å². The van der Waals surface area contributed by atoms with Crippen LogP contribution in [0.3, 0.4) is 0 Å². The van der Waals surface area contributed by atoms with E-state index >= 15 is 0 Å². The van der Waals surface area contributed by atoms with Crippen LogP contribution in [0.15, 0.2) is 0 Å². The minimum absolute atomic E-state index is 0.00431. The van der Waals surface area contributed by atoms with Gasteiger partial charge in [0.05, 0.1) is 6.07 Å². The third-order valence-electron chi connectivity index (χ3n) is 3.11. The zero-order valence-electron chi connectivity index (χ0n) is 7.84. The quantitative estimate of drug-likeness (QED) is 0.690. The van der Waals surface area contributed by atoms with E-state index in [1.165, 1.54) is 0 Å². The third kappa shape index (κ3) is 1.53. The molecule has 1 saturated heterocycles. The molecule has 1 heterocycles. The SMILES string of the molecule is C[C@H](C#N)C[C@@H]1CC2(CC2)NC1=O. The maximum atomic E-state index is 11.5. The lowest BCUT2D eigenvalue weighted by molar-refractivity contribution is -0.122. The molecule has 2 rings (SSSR count). The summed E-state index contributed by atoms with van der Waals surface area (Å²) < 4.78 is 0. The number of hydrogen-bond acceptors (Lipinski definition) is 2. The lowest BCUT2D eigenvalue weighted by Crippen LogP contribution is -2.27. The van der Waals surface area contributed by atoms with E-state index < -0.39 is 0 Å². The van der Waals surface area contributed by atoms with Crippen LogP contribution >= 0.6 is 0 Å². The average Bonchev–Trinajstić information content (AvgIpc) is 2.75. The Morgan fingerprint density at radius 1 is 1.77 bits per heavy atom. The van der Waals surface area contributed by atoms with Gasteiger partial charge in [0.2, 0.25) is 5.91 Å². The minimum Gasteiger partial charge on any atom is -0.350 e. The normalized spacial score (nSPS) is 31.1. The second kappa shape index (κ2) is 2.73. The van der Waals surface area contributed by atoms with E-state index in [-0.39, 0.29) is 23.3 Å². The molecule has 0 unspecified atom stereocenters. The number of nitrogens with zero attached hydrogens (tertiary/aromatic N) is 1. The van der Waals surface area contributed by atoms with Gasteiger partial charge in [-0.25, -0.2) is 0 Å². The zero-order chi connectivity index (χ0) is 9.47. The van der Waals surface area contributed by atoms with E-state index in [0.717, 1.165) is 25.7 Å². The van der Waals surface area contributed by atoms with Gasteiger partial charge in [-0.05, 0) is 32.6 Å². The molecular weight excluding hydrogens is 164 g/mol. The Balaban J connectivity index is 1.94. The standard InChI is InChI=1S/C10H14N2O/c1-7(6-11)4-8-5-10(2-3-10)12-9(8)13/h7-8H,2-5H2,1H3,(H,12,13)/t7-,8+/m0/s1. The van der Waals surface area contributed by atoms with Crippen LogP contribution < -0.4 is 5.32 Å². The smallest absolute Gasteiger partial charge is 0.223 e. The van der Waals surface area contributed by atoms with Gasteiger partial charge in [-0.3, -0.25) is 4.79 Å². The summed E-state index contributed by atoms with van der Waals surface area (Å²) >= 11 is 0. The van der Waals surface area contributed by atoms with Gasteiger partial charge in [0.25, 0.3) is 0 Å². The first-order valence-electron chi connectivity index (χ1n) is 4.87. The summed E-state index contributed by atoms with van der Waals surface area (Å²) in [4.78, 5) is 11.5. The molecule has 1 amide bonds. The van der Waals surface area contributed by atoms with Crippen LogP contribution in [0.4, 0.5) is 0 Å². The van der Waals surface area contributed by atoms with Crippen molar-refractivity contribution in [2.45, 2.75) is 38.1 Å². The molecule has 1 N–H and O–H groups in total. The van der Waals surface area contributed by atoms with Crippen molar-refractivity contribution in [1.29, 1.82) is 5.26 Å². The van der Waals surface area contributed by atoms with Crippen LogP contribution in [-0.2, 0) is 4.79 Å². The summed E-state index contributed by atoms with van der Waals surface area (Å²) in [6, 6.07) is 2.18. The summed E-state index contributed by atoms with van der Waals surface area (Å²) in [5.74, 6) is 0.265. The maximum absolute atomic E-state index is 11.5. The summed E-state index contributed by atoms with van der Waals surface area (Å²) in [5, 5.41) is 11.7. The molecule has 0 aromatic carbocycles. The van der Waals surface area contributed by atoms with Crippen molar-refractivity contribution >= 4 is 5.91 Å². The highest BCUT2D eigenvalue weighted by molar-refractivity contribution is 5.82. The van der Waals surface area contributed by atoms with Crippen LogP contribution in [0, 0.1) is 23.2 Å². The molecule has 1 spiro atoms. The Morgan fingerprint density at radius 3 is 2.92 bits per heavy atom. The first kappa shape index (κ1) is 8.55. The molecule has 2 atom stereocenters. The second-order valence-electron chi connectivity index (χ2n) is 4.44. The van der Waals surface area contributed by atoms with Crippen LogP contribution in [0.2, 0.25) is 0 Å². The average molecular weight is 178 g/mol. The molecule has 2 aliphatic rings. The van der Waals surface area contributed by atoms with E-state index in [2.05, 4.69) is 11.4 Å². The number of carbonyl (C=O) groups excluding carboxylic acids is 1. The molecule has 3 nitrogen and oxygen atoms in total. The number of carbonyl (C=O) groups is 1. The topological polar surface area (TPSA) is 52.9 Å². The van der Waals surface area contributed by atoms with Crippen molar-refractivity contribution in [1.82, 2.24) is 5.32 Å². The maximum Gasteiger partial charge on any atom is 0.223 e. The van der Waals surface area contributed by atoms with Crippen LogP contribution in [0.5, 0.6) is 0 Å². The highest BCUT2D eigenvalue weighted by Gasteiger charge is 2.52. The molecule has 0 radical (unpaired) electrons. The van der Waals surface area contributed by atoms with Crippen molar-refractivity contribution in [2.75, 3.05) is 0 Å². The van der Waals surface area contributed by atoms with Gasteiger partial charge >= 0.3 is 0 Å². The van der Waals surface area contributed by atoms with Gasteiger partial charge in [-0.2, -0.15) is 5.26 Å². The van der Waals surface area contributed by atoms with Crippen molar-refractivity contribution in [2.24, 2.45) is 11.8 Å². The molecule has 13 heavy (non-hydrogen) atoms. The molecule has 1 saturated carbocycles. The van der Waals surface area contributed by atoms with Crippen molar-refractivity contribution in [3.8, 4) is 6.07 Å². The molecule has 2 fully saturated rings. The van der Waals surface area contributed by atoms with Crippen molar-refractivity contribution in [3.63, 3.8) is 0 Å². The number of nitrogens with one attached hydrogen (secondary N) is 1. The Bertz CT molecular complexity index is 275. The number of rotatable bonds is 2. The number of nitriles is 1. The van der Waals surface area contributed by atoms with E-state index in [9.17, 15) is 4.79 Å². The molecular formula is C10H14N2O. The van der Waals surface area contributed by atoms with Gasteiger partial charge in [-0.15, -0.1) is 0 Å². The Hall–Kier alpha value is -1.04. The van der Waals surface area contributed by atoms with Gasteiger partial charge in [-0.1, -0.05) is 0 Å². The predicted molar refractivity (Wildman–Crippen MR) is 47.6 cm³/mol. The first-order chi connectivity index (χ1) is 6.15. The molecule has 70 valence electrons. The number of amides is 1. The van der Waals surface area contributed by atoms with Crippen LogP contribution in [0.25, 0.3) is 0 Å². The minimum atomic E-state index is 0.00431. The highest BCUT2D eigenvalue weighted by atomic mass is 16.2. The van der Waals surface area contributed by atoms with Crippen molar-refractivity contribution < 1.29 is 4.79 Å². The fraction of sp³-hybridized carbons (Fsp3) is 0.800. The summed E-state index contributed by atoms with van der Waals surface area (Å²) in [6.45, 7) is 1.88. The molecule has 0 bridgehead atoms. The van der Waals surface area contributed by atoms with E-state index in [4.69, 9.17) is 5.26 Å². The molecule has 3 heteroatoms. The fourth-order valence-corrected chi connectivity index (χ4v) is 2.13. The van der Waals surface area contributed by atoms with E-state index in [1.807, 2.05) is 6.92 Å². The number of hydrogen-bond donors (Lipinski definition) is 1. The Kier molecular flexibility index (Phi) is 1.80. The van der Waals surface area contributed by atoms with E-state index in [1.54, 1.807) is 0 Å². The molecule has 1 aliphatic carbocycles. The molecule has 1 aliphatic heterocycles. The second-order valence-corrected chi connectivity index (χ2v) is 4.44. The van der Waals surface area contributed by atoms with Gasteiger partial charge in [0.15, 0.2) is 0 Å². The van der Waals surface area contributed by atoms with Crippen molar-refractivity contribution in [3.05, 3.63) is 0 Å². The lowest BCUT2D eigenvalue weighted by atomic mass is 9.93. The largest absolute Gasteiger partial charge is 0.350 e. The molecule has 0 aromatic rings. The summed E-state index contributed by atoms with van der Waals surface area (Å²) in [6.07, 6.45) is 3.95. The Morgan fingerprint density at radius 2 is 2.46 bits per heavy atom. The lowest BCUT2D eigenvalue weighted by Gasteiger charge is -2.07. The predicted octanol–water partition coefficient (Wildman–Crippen LogP) is 1.20. The first-order valence-corrected chi connectivity index (χ1v) is 4.87. The van der Waals surface area contributed by atoms with Crippen LogP contribution in [-0.4, -0.2) is 11.4 Å². The fourth-order valence-electron chi connectivity index (χ4n) is 2.13. The van der Waals surface area contributed by atoms with Crippen LogP contribution in [0.1, 0.15) is 32.6 Å². The third-order valence-corrected chi connectivity index (χ3v) is 3.11.